The minimum atomic E-state index is 0.706. The van der Waals surface area contributed by atoms with Crippen molar-refractivity contribution in [2.24, 2.45) is 0 Å². The zero-order valence-corrected chi connectivity index (χ0v) is 27.1. The summed E-state index contributed by atoms with van der Waals surface area (Å²) in [6.07, 6.45) is 0. The van der Waals surface area contributed by atoms with Crippen LogP contribution in [0.25, 0.3) is 64.8 Å². The van der Waals surface area contributed by atoms with E-state index in [2.05, 4.69) is 150 Å². The van der Waals surface area contributed by atoms with Crippen molar-refractivity contribution in [1.82, 2.24) is 9.97 Å². The fourth-order valence-electron chi connectivity index (χ4n) is 7.06. The quantitative estimate of drug-likeness (QED) is 0.187. The number of para-hydroxylation sites is 2. The summed E-state index contributed by atoms with van der Waals surface area (Å²) in [7, 11) is 0. The minimum Gasteiger partial charge on any atom is -0.456 e. The van der Waals surface area contributed by atoms with E-state index in [1.54, 1.807) is 11.3 Å². The molecule has 1 aliphatic rings. The van der Waals surface area contributed by atoms with Crippen LogP contribution in [0.3, 0.4) is 0 Å². The first-order valence-corrected chi connectivity index (χ1v) is 17.2. The second-order valence-corrected chi connectivity index (χ2v) is 13.2. The van der Waals surface area contributed by atoms with Crippen LogP contribution in [0.4, 0.5) is 17.1 Å². The molecule has 7 aromatic carbocycles. The van der Waals surface area contributed by atoms with Crippen molar-refractivity contribution < 1.29 is 4.74 Å². The Bertz CT molecular complexity index is 2650. The van der Waals surface area contributed by atoms with Gasteiger partial charge < -0.3 is 9.64 Å². The molecule has 0 bridgehead atoms. The molecule has 1 aliphatic heterocycles. The lowest BCUT2D eigenvalue weighted by Gasteiger charge is -2.28. The van der Waals surface area contributed by atoms with E-state index in [1.807, 2.05) is 18.2 Å². The zero-order chi connectivity index (χ0) is 32.3. The van der Waals surface area contributed by atoms with Crippen LogP contribution in [0.5, 0.6) is 11.5 Å². The molecule has 230 valence electrons. The molecule has 4 nitrogen and oxygen atoms in total. The van der Waals surface area contributed by atoms with Gasteiger partial charge in [-0.3, -0.25) is 0 Å². The Balaban J connectivity index is 1.18. The predicted octanol–water partition coefficient (Wildman–Crippen LogP) is 12.6. The third-order valence-electron chi connectivity index (χ3n) is 9.27. The van der Waals surface area contributed by atoms with Gasteiger partial charge in [-0.1, -0.05) is 103 Å². The van der Waals surface area contributed by atoms with E-state index >= 15 is 0 Å². The van der Waals surface area contributed by atoms with Crippen molar-refractivity contribution in [3.8, 4) is 45.3 Å². The molecule has 0 aliphatic carbocycles. The lowest BCUT2D eigenvalue weighted by atomic mass is 9.92. The van der Waals surface area contributed by atoms with Crippen LogP contribution in [0.2, 0.25) is 0 Å². The van der Waals surface area contributed by atoms with Crippen molar-refractivity contribution in [1.29, 1.82) is 0 Å². The Morgan fingerprint density at radius 3 is 1.94 bits per heavy atom. The van der Waals surface area contributed by atoms with Gasteiger partial charge in [-0.25, -0.2) is 9.97 Å². The molecule has 0 saturated carbocycles. The molecule has 0 N–H and O–H groups in total. The number of thiophene rings is 1. The van der Waals surface area contributed by atoms with E-state index in [0.29, 0.717) is 5.82 Å². The molecular weight excluding hydrogens is 619 g/mol. The lowest BCUT2D eigenvalue weighted by molar-refractivity contribution is 0.487. The van der Waals surface area contributed by atoms with Crippen LogP contribution >= 0.6 is 11.3 Å². The monoisotopic (exact) mass is 645 g/mol. The molecule has 0 spiro atoms. The second-order valence-electron chi connectivity index (χ2n) is 12.2. The van der Waals surface area contributed by atoms with Gasteiger partial charge in [0.05, 0.1) is 15.9 Å². The van der Waals surface area contributed by atoms with Crippen LogP contribution in [-0.2, 0) is 0 Å². The molecule has 49 heavy (non-hydrogen) atoms. The van der Waals surface area contributed by atoms with Gasteiger partial charge in [0.1, 0.15) is 11.5 Å². The molecular formula is C44H27N3OS. The molecule has 0 amide bonds. The van der Waals surface area contributed by atoms with E-state index in [1.165, 1.54) is 4.70 Å². The van der Waals surface area contributed by atoms with Gasteiger partial charge in [-0.15, -0.1) is 11.3 Å². The number of aromatic nitrogens is 2. The first-order valence-electron chi connectivity index (χ1n) is 16.3. The molecule has 3 heterocycles. The minimum absolute atomic E-state index is 0.706. The van der Waals surface area contributed by atoms with Gasteiger partial charge in [0.2, 0.25) is 0 Å². The highest BCUT2D eigenvalue weighted by molar-refractivity contribution is 7.26. The molecule has 2 aromatic heterocycles. The topological polar surface area (TPSA) is 38.2 Å². The second kappa shape index (κ2) is 11.2. The highest BCUT2D eigenvalue weighted by atomic mass is 32.1. The Labute approximate surface area is 287 Å². The molecule has 0 saturated heterocycles. The summed E-state index contributed by atoms with van der Waals surface area (Å²) in [5.74, 6) is 2.38. The van der Waals surface area contributed by atoms with E-state index in [4.69, 9.17) is 14.7 Å². The molecule has 0 unspecified atom stereocenters. The maximum Gasteiger partial charge on any atom is 0.161 e. The summed E-state index contributed by atoms with van der Waals surface area (Å²) in [5, 5.41) is 3.28. The van der Waals surface area contributed by atoms with Crippen molar-refractivity contribution in [3.05, 3.63) is 164 Å². The summed E-state index contributed by atoms with van der Waals surface area (Å²) in [5.41, 5.74) is 9.42. The Morgan fingerprint density at radius 1 is 0.490 bits per heavy atom. The van der Waals surface area contributed by atoms with Crippen molar-refractivity contribution >= 4 is 59.5 Å². The number of anilines is 3. The maximum absolute atomic E-state index is 6.64. The number of rotatable bonds is 5. The molecule has 5 heteroatoms. The highest BCUT2D eigenvalue weighted by Gasteiger charge is 2.25. The number of nitrogens with zero attached hydrogens (tertiary/aromatic N) is 3. The number of benzene rings is 7. The summed E-state index contributed by atoms with van der Waals surface area (Å²) < 4.78 is 8.95. The van der Waals surface area contributed by atoms with Crippen molar-refractivity contribution in [2.75, 3.05) is 4.90 Å². The number of ether oxygens (including phenoxy) is 1. The largest absolute Gasteiger partial charge is 0.456 e. The summed E-state index contributed by atoms with van der Waals surface area (Å²) in [6.45, 7) is 0. The van der Waals surface area contributed by atoms with Gasteiger partial charge in [0, 0.05) is 49.2 Å². The van der Waals surface area contributed by atoms with Gasteiger partial charge >= 0.3 is 0 Å². The van der Waals surface area contributed by atoms with E-state index in [0.717, 1.165) is 82.9 Å². The third kappa shape index (κ3) is 4.51. The van der Waals surface area contributed by atoms with E-state index in [9.17, 15) is 0 Å². The standard InChI is InChI=1S/C44H27N3OS/c1-4-13-28(14-5-1)41-43-42(35-19-10-11-22-39(35)49-43)46-44(45-41)34-24-26-38-40-32(34)20-12-21-33(40)36-27-31(23-25-37(36)48-38)47(29-15-6-2-7-16-29)30-17-8-3-9-18-30/h1-27H. The summed E-state index contributed by atoms with van der Waals surface area (Å²) in [6, 6.07) is 57.0. The zero-order valence-electron chi connectivity index (χ0n) is 26.2. The molecule has 9 aromatic rings. The first kappa shape index (κ1) is 27.8. The van der Waals surface area contributed by atoms with E-state index in [-0.39, 0.29) is 0 Å². The maximum atomic E-state index is 6.64. The number of hydrogen-bond acceptors (Lipinski definition) is 5. The van der Waals surface area contributed by atoms with Crippen LogP contribution < -0.4 is 9.64 Å². The molecule has 0 atom stereocenters. The Hall–Kier alpha value is -6.30. The first-order chi connectivity index (χ1) is 24.3. The van der Waals surface area contributed by atoms with Crippen LogP contribution in [0.15, 0.2) is 164 Å². The fraction of sp³-hybridized carbons (Fsp3) is 0. The summed E-state index contributed by atoms with van der Waals surface area (Å²) in [4.78, 5) is 12.8. The Kier molecular flexibility index (Phi) is 6.32. The third-order valence-corrected chi connectivity index (χ3v) is 10.4. The van der Waals surface area contributed by atoms with Crippen molar-refractivity contribution in [2.45, 2.75) is 0 Å². The van der Waals surface area contributed by atoms with Crippen LogP contribution in [0, 0.1) is 0 Å². The van der Waals surface area contributed by atoms with Gasteiger partial charge in [0.25, 0.3) is 0 Å². The normalized spacial score (nSPS) is 11.8. The van der Waals surface area contributed by atoms with E-state index < -0.39 is 0 Å². The smallest absolute Gasteiger partial charge is 0.161 e. The molecule has 0 radical (unpaired) electrons. The predicted molar refractivity (Wildman–Crippen MR) is 203 cm³/mol. The van der Waals surface area contributed by atoms with Gasteiger partial charge in [-0.2, -0.15) is 0 Å². The molecule has 0 fully saturated rings. The fourth-order valence-corrected chi connectivity index (χ4v) is 8.21. The van der Waals surface area contributed by atoms with Crippen molar-refractivity contribution in [3.63, 3.8) is 0 Å². The lowest BCUT2D eigenvalue weighted by Crippen LogP contribution is -2.10. The van der Waals surface area contributed by atoms with Gasteiger partial charge in [-0.05, 0) is 71.6 Å². The number of fused-ring (bicyclic) bond motifs is 5. The van der Waals surface area contributed by atoms with Crippen LogP contribution in [0.1, 0.15) is 0 Å². The SMILES string of the molecule is c1ccc(-c2nc(-c3ccc4c5c(cccc35)-c3cc(N(c5ccccc5)c5ccccc5)ccc3O4)nc3c2sc2ccccc23)cc1. The van der Waals surface area contributed by atoms with Crippen LogP contribution in [-0.4, -0.2) is 9.97 Å². The average molecular weight is 646 g/mol. The molecule has 10 rings (SSSR count). The average Bonchev–Trinajstić information content (AvgIpc) is 3.55. The van der Waals surface area contributed by atoms with Gasteiger partial charge in [0.15, 0.2) is 5.82 Å². The highest BCUT2D eigenvalue weighted by Crippen LogP contribution is 2.50. The summed E-state index contributed by atoms with van der Waals surface area (Å²) >= 11 is 1.75. The number of hydrogen-bond donors (Lipinski definition) is 0. The Morgan fingerprint density at radius 2 is 1.16 bits per heavy atom.